The van der Waals surface area contributed by atoms with E-state index in [1.807, 2.05) is 20.2 Å². The summed E-state index contributed by atoms with van der Waals surface area (Å²) < 4.78 is 20.7. The lowest BCUT2D eigenvalue weighted by Crippen LogP contribution is -2.42. The molecular weight excluding hydrogens is 445 g/mol. The zero-order valence-corrected chi connectivity index (χ0v) is 19.7. The second-order valence-corrected chi connectivity index (χ2v) is 9.92. The van der Waals surface area contributed by atoms with Crippen molar-refractivity contribution >= 4 is 28.9 Å². The van der Waals surface area contributed by atoms with Gasteiger partial charge in [-0.3, -0.25) is 4.99 Å². The SMILES string of the molecule is CN(C)CC1=Nc2c(F)cc(-c3nc(N[C@@H]4CCOC[C@H]4O)ncc3Cl)cc2C12CCCC2. The molecule has 1 spiro atoms. The largest absolute Gasteiger partial charge is 0.389 e. The summed E-state index contributed by atoms with van der Waals surface area (Å²) >= 11 is 6.47. The zero-order valence-electron chi connectivity index (χ0n) is 18.9. The smallest absolute Gasteiger partial charge is 0.223 e. The normalized spacial score (nSPS) is 23.8. The Morgan fingerprint density at radius 2 is 2.09 bits per heavy atom. The molecule has 2 aliphatic heterocycles. The molecule has 9 heteroatoms. The van der Waals surface area contributed by atoms with Crippen molar-refractivity contribution in [3.8, 4) is 11.3 Å². The number of hydrogen-bond acceptors (Lipinski definition) is 7. The van der Waals surface area contributed by atoms with E-state index in [0.717, 1.165) is 37.0 Å². The molecule has 1 saturated heterocycles. The van der Waals surface area contributed by atoms with Crippen LogP contribution in [0.15, 0.2) is 23.3 Å². The number of benzene rings is 1. The number of ether oxygens (including phenoxy) is 1. The average Bonchev–Trinajstić information content (AvgIpc) is 3.38. The van der Waals surface area contributed by atoms with Crippen LogP contribution in [0, 0.1) is 5.82 Å². The Labute approximate surface area is 198 Å². The van der Waals surface area contributed by atoms with Gasteiger partial charge in [0, 0.05) is 29.8 Å². The Morgan fingerprint density at radius 1 is 1.30 bits per heavy atom. The molecule has 2 fully saturated rings. The zero-order chi connectivity index (χ0) is 23.2. The van der Waals surface area contributed by atoms with Crippen LogP contribution in [0.1, 0.15) is 37.7 Å². The van der Waals surface area contributed by atoms with Crippen LogP contribution in [0.5, 0.6) is 0 Å². The molecule has 5 rings (SSSR count). The van der Waals surface area contributed by atoms with Gasteiger partial charge in [0.2, 0.25) is 5.95 Å². The Bertz CT molecular complexity index is 1090. The van der Waals surface area contributed by atoms with Crippen molar-refractivity contribution < 1.29 is 14.2 Å². The van der Waals surface area contributed by atoms with Crippen molar-refractivity contribution in [2.24, 2.45) is 4.99 Å². The first-order chi connectivity index (χ1) is 15.9. The maximum atomic E-state index is 15.4. The third-order valence-electron chi connectivity index (χ3n) is 6.96. The Morgan fingerprint density at radius 3 is 2.82 bits per heavy atom. The van der Waals surface area contributed by atoms with E-state index in [1.54, 1.807) is 0 Å². The number of nitrogens with zero attached hydrogens (tertiary/aromatic N) is 4. The van der Waals surface area contributed by atoms with Crippen molar-refractivity contribution in [1.82, 2.24) is 14.9 Å². The van der Waals surface area contributed by atoms with Crippen molar-refractivity contribution in [3.05, 3.63) is 34.7 Å². The van der Waals surface area contributed by atoms with E-state index in [4.69, 9.17) is 21.3 Å². The van der Waals surface area contributed by atoms with Crippen LogP contribution in [0.4, 0.5) is 16.0 Å². The molecule has 0 unspecified atom stereocenters. The highest BCUT2D eigenvalue weighted by molar-refractivity contribution is 6.33. The number of fused-ring (bicyclic) bond motifs is 2. The molecule has 3 heterocycles. The molecule has 3 aliphatic rings. The molecule has 0 amide bonds. The second-order valence-electron chi connectivity index (χ2n) is 9.51. The summed E-state index contributed by atoms with van der Waals surface area (Å²) in [4.78, 5) is 15.7. The van der Waals surface area contributed by atoms with E-state index >= 15 is 4.39 Å². The molecule has 1 aliphatic carbocycles. The van der Waals surface area contributed by atoms with Gasteiger partial charge in [0.15, 0.2) is 0 Å². The van der Waals surface area contributed by atoms with Crippen molar-refractivity contribution in [2.75, 3.05) is 39.2 Å². The summed E-state index contributed by atoms with van der Waals surface area (Å²) in [7, 11) is 4.03. The van der Waals surface area contributed by atoms with Gasteiger partial charge >= 0.3 is 0 Å². The van der Waals surface area contributed by atoms with E-state index in [9.17, 15) is 5.11 Å². The van der Waals surface area contributed by atoms with Gasteiger partial charge in [-0.25, -0.2) is 14.4 Å². The van der Waals surface area contributed by atoms with Gasteiger partial charge in [-0.2, -0.15) is 0 Å². The number of halogens is 2. The fourth-order valence-corrected chi connectivity index (χ4v) is 5.53. The predicted octanol–water partition coefficient (Wildman–Crippen LogP) is 3.96. The number of aliphatic imine (C=N–C) groups is 1. The highest BCUT2D eigenvalue weighted by Crippen LogP contribution is 2.52. The fraction of sp³-hybridized carbons (Fsp3) is 0.542. The van der Waals surface area contributed by atoms with Gasteiger partial charge < -0.3 is 20.1 Å². The van der Waals surface area contributed by atoms with Gasteiger partial charge in [-0.1, -0.05) is 24.4 Å². The molecule has 1 aromatic carbocycles. The number of rotatable bonds is 5. The molecule has 1 aromatic heterocycles. The Kier molecular flexibility index (Phi) is 6.11. The fourth-order valence-electron chi connectivity index (χ4n) is 5.33. The summed E-state index contributed by atoms with van der Waals surface area (Å²) in [6.45, 7) is 1.54. The number of nitrogens with one attached hydrogen (secondary N) is 1. The minimum atomic E-state index is -0.645. The number of aliphatic hydroxyl groups is 1. The van der Waals surface area contributed by atoms with E-state index < -0.39 is 6.10 Å². The van der Waals surface area contributed by atoms with Crippen molar-refractivity contribution in [3.63, 3.8) is 0 Å². The molecule has 2 aromatic rings. The van der Waals surface area contributed by atoms with Crippen LogP contribution in [-0.2, 0) is 10.2 Å². The predicted molar refractivity (Wildman–Crippen MR) is 127 cm³/mol. The van der Waals surface area contributed by atoms with Gasteiger partial charge in [-0.15, -0.1) is 0 Å². The van der Waals surface area contributed by atoms with Crippen LogP contribution in [0.2, 0.25) is 5.02 Å². The van der Waals surface area contributed by atoms with Crippen LogP contribution in [0.3, 0.4) is 0 Å². The molecule has 0 radical (unpaired) electrons. The first-order valence-corrected chi connectivity index (χ1v) is 11.9. The summed E-state index contributed by atoms with van der Waals surface area (Å²) in [5, 5.41) is 13.7. The van der Waals surface area contributed by atoms with Crippen molar-refractivity contribution in [2.45, 2.75) is 49.7 Å². The molecule has 7 nitrogen and oxygen atoms in total. The summed E-state index contributed by atoms with van der Waals surface area (Å²) in [5.41, 5.74) is 3.29. The quantitative estimate of drug-likeness (QED) is 0.684. The first-order valence-electron chi connectivity index (χ1n) is 11.5. The van der Waals surface area contributed by atoms with Gasteiger partial charge in [0.05, 0.1) is 35.7 Å². The van der Waals surface area contributed by atoms with Crippen LogP contribution in [-0.4, -0.2) is 71.7 Å². The second kappa shape index (κ2) is 8.91. The van der Waals surface area contributed by atoms with Gasteiger partial charge in [0.25, 0.3) is 0 Å². The molecule has 1 saturated carbocycles. The number of anilines is 1. The van der Waals surface area contributed by atoms with Gasteiger partial charge in [0.1, 0.15) is 11.5 Å². The molecule has 2 N–H and O–H groups in total. The Hall–Kier alpha value is -2.13. The lowest BCUT2D eigenvalue weighted by molar-refractivity contribution is -0.0136. The highest BCUT2D eigenvalue weighted by Gasteiger charge is 2.46. The molecule has 176 valence electrons. The van der Waals surface area contributed by atoms with Crippen molar-refractivity contribution in [1.29, 1.82) is 0 Å². The van der Waals surface area contributed by atoms with E-state index in [0.29, 0.717) is 47.5 Å². The highest BCUT2D eigenvalue weighted by atomic mass is 35.5. The van der Waals surface area contributed by atoms with Crippen LogP contribution in [0.25, 0.3) is 11.3 Å². The lowest BCUT2D eigenvalue weighted by atomic mass is 9.75. The average molecular weight is 474 g/mol. The van der Waals surface area contributed by atoms with E-state index in [-0.39, 0.29) is 23.9 Å². The number of aromatic nitrogens is 2. The van der Waals surface area contributed by atoms with E-state index in [1.165, 1.54) is 12.3 Å². The summed E-state index contributed by atoms with van der Waals surface area (Å²) in [6.07, 6.45) is 5.67. The summed E-state index contributed by atoms with van der Waals surface area (Å²) in [6, 6.07) is 3.26. The lowest BCUT2D eigenvalue weighted by Gasteiger charge is -2.29. The van der Waals surface area contributed by atoms with Crippen LogP contribution >= 0.6 is 11.6 Å². The topological polar surface area (TPSA) is 82.9 Å². The third-order valence-corrected chi connectivity index (χ3v) is 7.24. The molecule has 2 atom stereocenters. The minimum Gasteiger partial charge on any atom is -0.389 e. The number of hydrogen-bond donors (Lipinski definition) is 2. The minimum absolute atomic E-state index is 0.215. The first kappa shape index (κ1) is 22.7. The maximum absolute atomic E-state index is 15.4. The standard InChI is InChI=1S/C24H29ClFN5O2/c1-31(2)12-20-24(6-3-4-7-24)15-9-14(10-17(26)22(15)29-20)21-16(25)11-27-23(30-21)28-18-5-8-33-13-19(18)32/h9-11,18-19,32H,3-8,12-13H2,1-2H3,(H,27,28,30)/t18-,19-/m1/s1. The maximum Gasteiger partial charge on any atom is 0.223 e. The van der Waals surface area contributed by atoms with Crippen LogP contribution < -0.4 is 5.32 Å². The summed E-state index contributed by atoms with van der Waals surface area (Å²) in [5.74, 6) is -0.00652. The molecular formula is C24H29ClFN5O2. The molecule has 0 bridgehead atoms. The van der Waals surface area contributed by atoms with E-state index in [2.05, 4.69) is 20.2 Å². The molecule has 33 heavy (non-hydrogen) atoms. The Balaban J connectivity index is 1.52. The monoisotopic (exact) mass is 473 g/mol. The number of aliphatic hydroxyl groups excluding tert-OH is 1. The van der Waals surface area contributed by atoms with Gasteiger partial charge in [-0.05, 0) is 51.1 Å². The third kappa shape index (κ3) is 4.14.